The molecular weight excluding hydrogens is 813 g/mol. The standard InChI is InChI=1S/C18H17F2N5O.C14H22F2N2O3Si.C10H11N3/c19-18(20)7-6-14-15(8-18)23-24-16(14)17(26)22-13-9-21-25(11-13)10-12-4-2-1-3-5-12;1-22(2,3)7-6-21-9-18-11-8-14(15,16)5-4-10(11)12(17-18)13(19)20;11-10-6-12-13(8-10)7-9-4-2-1-3-5-9/h1-5,9,11H,6-8,10H2,(H,22,26)(H,23,24);4-9H2,1-3H3,(H,19,20);1-6,8H,7,11H2. The minimum Gasteiger partial charge on any atom is -0.476 e. The number of hydrogen-bond donors (Lipinski definition) is 4. The number of anilines is 2. The monoisotopic (exact) mass is 862 g/mol. The molecule has 0 saturated heterocycles. The number of benzene rings is 2. The molecule has 4 aromatic heterocycles. The van der Waals surface area contributed by atoms with Crippen LogP contribution >= 0.6 is 0 Å². The van der Waals surface area contributed by atoms with E-state index in [0.717, 1.165) is 18.2 Å². The van der Waals surface area contributed by atoms with Crippen molar-refractivity contribution in [1.82, 2.24) is 39.5 Å². The minimum absolute atomic E-state index is 0.0240. The van der Waals surface area contributed by atoms with Crippen LogP contribution in [0.25, 0.3) is 0 Å². The van der Waals surface area contributed by atoms with Crippen molar-refractivity contribution in [3.05, 3.63) is 130 Å². The lowest BCUT2D eigenvalue weighted by atomic mass is 9.93. The zero-order valence-electron chi connectivity index (χ0n) is 34.3. The molecule has 0 fully saturated rings. The van der Waals surface area contributed by atoms with Crippen molar-refractivity contribution < 1.29 is 37.0 Å². The number of aromatic carboxylic acids is 1. The summed E-state index contributed by atoms with van der Waals surface area (Å²) in [4.78, 5) is 23.7. The number of nitrogens with zero attached hydrogens (tertiary/aromatic N) is 7. The van der Waals surface area contributed by atoms with Gasteiger partial charge in [0.15, 0.2) is 11.4 Å². The molecule has 0 spiro atoms. The van der Waals surface area contributed by atoms with Gasteiger partial charge in [0.25, 0.3) is 17.8 Å². The first-order valence-electron chi connectivity index (χ1n) is 19.8. The summed E-state index contributed by atoms with van der Waals surface area (Å²) >= 11 is 0. The number of nitrogens with one attached hydrogen (secondary N) is 2. The Morgan fingerprint density at radius 1 is 0.852 bits per heavy atom. The van der Waals surface area contributed by atoms with Gasteiger partial charge in [0.1, 0.15) is 6.73 Å². The quantitative estimate of drug-likeness (QED) is 0.0548. The van der Waals surface area contributed by atoms with E-state index in [2.05, 4.69) is 62.6 Å². The SMILES string of the molecule is C[Si](C)(C)CCOCn1nc(C(=O)O)c2c1CC(F)(F)CC2.Nc1cnn(Cc2ccccc2)c1.O=C(Nc1cnn(Cc2ccccc2)c1)c1n[nH]c2c1CCC(F)(F)C2. The van der Waals surface area contributed by atoms with Gasteiger partial charge in [0, 0.05) is 56.7 Å². The second kappa shape index (κ2) is 19.1. The van der Waals surface area contributed by atoms with Gasteiger partial charge < -0.3 is 20.9 Å². The van der Waals surface area contributed by atoms with E-state index in [-0.39, 0.29) is 43.8 Å². The first-order valence-corrected chi connectivity index (χ1v) is 23.6. The third-order valence-corrected chi connectivity index (χ3v) is 11.7. The van der Waals surface area contributed by atoms with Crippen LogP contribution in [0.5, 0.6) is 0 Å². The van der Waals surface area contributed by atoms with E-state index in [4.69, 9.17) is 15.6 Å². The van der Waals surface area contributed by atoms with Crippen LogP contribution in [0.3, 0.4) is 0 Å². The molecule has 2 aliphatic rings. The lowest BCUT2D eigenvalue weighted by molar-refractivity contribution is -0.0169. The number of nitrogens with two attached hydrogens (primary N) is 1. The van der Waals surface area contributed by atoms with Gasteiger partial charge in [0.2, 0.25) is 0 Å². The van der Waals surface area contributed by atoms with Crippen LogP contribution in [0.15, 0.2) is 85.5 Å². The van der Waals surface area contributed by atoms with E-state index in [1.165, 1.54) is 10.2 Å². The third-order valence-electron chi connectivity index (χ3n) is 10.0. The summed E-state index contributed by atoms with van der Waals surface area (Å²) in [5.74, 6) is -7.15. The highest BCUT2D eigenvalue weighted by atomic mass is 28.3. The van der Waals surface area contributed by atoms with Crippen molar-refractivity contribution >= 4 is 31.3 Å². The minimum atomic E-state index is -2.81. The first kappa shape index (κ1) is 44.5. The number of fused-ring (bicyclic) bond motifs is 2. The predicted octanol–water partition coefficient (Wildman–Crippen LogP) is 7.56. The lowest BCUT2D eigenvalue weighted by Crippen LogP contribution is -2.28. The zero-order chi connectivity index (χ0) is 43.8. The number of aromatic amines is 1. The summed E-state index contributed by atoms with van der Waals surface area (Å²) in [6.45, 7) is 8.57. The Morgan fingerprint density at radius 2 is 1.44 bits per heavy atom. The van der Waals surface area contributed by atoms with Crippen molar-refractivity contribution in [3.8, 4) is 0 Å². The van der Waals surface area contributed by atoms with Crippen LogP contribution in [-0.2, 0) is 50.2 Å². The number of H-pyrrole nitrogens is 1. The Bertz CT molecular complexity index is 2390. The summed E-state index contributed by atoms with van der Waals surface area (Å²) in [6.07, 6.45) is 5.45. The Balaban J connectivity index is 0.000000161. The van der Waals surface area contributed by atoms with Gasteiger partial charge in [-0.25, -0.2) is 27.0 Å². The fraction of sp³-hybridized carbons (Fsp3) is 0.381. The highest BCUT2D eigenvalue weighted by Crippen LogP contribution is 2.35. The molecule has 1 amide bonds. The first-order chi connectivity index (χ1) is 28.9. The molecule has 0 aliphatic heterocycles. The van der Waals surface area contributed by atoms with Crippen LogP contribution in [0.1, 0.15) is 67.5 Å². The zero-order valence-corrected chi connectivity index (χ0v) is 35.3. The van der Waals surface area contributed by atoms with Gasteiger partial charge >= 0.3 is 5.97 Å². The Labute approximate surface area is 351 Å². The van der Waals surface area contributed by atoms with Crippen molar-refractivity contribution in [1.29, 1.82) is 0 Å². The number of nitrogen functional groups attached to an aromatic ring is 1. The maximum absolute atomic E-state index is 13.6. The van der Waals surface area contributed by atoms with E-state index >= 15 is 0 Å². The molecule has 0 radical (unpaired) electrons. The van der Waals surface area contributed by atoms with E-state index in [1.807, 2.05) is 59.4 Å². The van der Waals surface area contributed by atoms with E-state index in [9.17, 15) is 27.2 Å². The van der Waals surface area contributed by atoms with Crippen LogP contribution in [0.2, 0.25) is 25.7 Å². The molecule has 324 valence electrons. The molecule has 2 aliphatic carbocycles. The van der Waals surface area contributed by atoms with Crippen LogP contribution < -0.4 is 11.1 Å². The molecular formula is C42H50F4N10O4Si. The molecule has 4 heterocycles. The fourth-order valence-corrected chi connectivity index (χ4v) is 7.57. The van der Waals surface area contributed by atoms with Gasteiger partial charge in [-0.2, -0.15) is 20.4 Å². The van der Waals surface area contributed by atoms with Gasteiger partial charge in [0.05, 0.1) is 55.4 Å². The van der Waals surface area contributed by atoms with Crippen molar-refractivity contribution in [2.45, 2.75) is 95.9 Å². The van der Waals surface area contributed by atoms with E-state index < -0.39 is 44.6 Å². The molecule has 14 nitrogen and oxygen atoms in total. The number of alkyl halides is 4. The number of ether oxygens (including phenoxy) is 1. The fourth-order valence-electron chi connectivity index (χ4n) is 6.82. The molecule has 61 heavy (non-hydrogen) atoms. The Kier molecular flexibility index (Phi) is 13.9. The molecule has 6 aromatic rings. The van der Waals surface area contributed by atoms with Crippen LogP contribution in [-0.4, -0.2) is 83.0 Å². The van der Waals surface area contributed by atoms with Crippen molar-refractivity contribution in [3.63, 3.8) is 0 Å². The topological polar surface area (TPSA) is 184 Å². The number of amides is 1. The predicted molar refractivity (Wildman–Crippen MR) is 224 cm³/mol. The van der Waals surface area contributed by atoms with Gasteiger partial charge in [-0.1, -0.05) is 80.3 Å². The summed E-state index contributed by atoms with van der Waals surface area (Å²) in [5.41, 5.74) is 10.8. The van der Waals surface area contributed by atoms with Crippen LogP contribution in [0, 0.1) is 0 Å². The molecule has 0 saturated carbocycles. The normalized spacial score (nSPS) is 15.0. The van der Waals surface area contributed by atoms with Gasteiger partial charge in [-0.15, -0.1) is 0 Å². The number of carboxylic acid groups (broad SMARTS) is 1. The largest absolute Gasteiger partial charge is 0.476 e. The highest BCUT2D eigenvalue weighted by Gasteiger charge is 2.39. The number of carboxylic acids is 1. The molecule has 5 N–H and O–H groups in total. The summed E-state index contributed by atoms with van der Waals surface area (Å²) in [5, 5.41) is 30.7. The average Bonchev–Trinajstić information content (AvgIpc) is 4.00. The van der Waals surface area contributed by atoms with Gasteiger partial charge in [-0.05, 0) is 30.0 Å². The summed E-state index contributed by atoms with van der Waals surface area (Å²) in [6, 6.07) is 21.0. The number of carbonyl (C=O) groups is 2. The van der Waals surface area contributed by atoms with Gasteiger partial charge in [-0.3, -0.25) is 19.3 Å². The number of halogens is 4. The smallest absolute Gasteiger partial charge is 0.356 e. The number of hydrogen-bond acceptors (Lipinski definition) is 8. The van der Waals surface area contributed by atoms with Crippen molar-refractivity contribution in [2.75, 3.05) is 17.7 Å². The lowest BCUT2D eigenvalue weighted by Gasteiger charge is -2.23. The highest BCUT2D eigenvalue weighted by molar-refractivity contribution is 6.76. The Morgan fingerprint density at radius 3 is 2.03 bits per heavy atom. The second-order valence-corrected chi connectivity index (χ2v) is 22.0. The maximum atomic E-state index is 13.6. The van der Waals surface area contributed by atoms with Crippen molar-refractivity contribution in [2.24, 2.45) is 0 Å². The maximum Gasteiger partial charge on any atom is 0.356 e. The van der Waals surface area contributed by atoms with Crippen LogP contribution in [0.4, 0.5) is 28.9 Å². The molecule has 0 unspecified atom stereocenters. The molecule has 8 rings (SSSR count). The average molecular weight is 863 g/mol. The molecule has 19 heteroatoms. The molecule has 0 bridgehead atoms. The second-order valence-electron chi connectivity index (χ2n) is 16.3. The number of carbonyl (C=O) groups excluding carboxylic acids is 1. The third kappa shape index (κ3) is 12.7. The summed E-state index contributed by atoms with van der Waals surface area (Å²) in [7, 11) is -1.23. The molecule has 0 atom stereocenters. The molecule has 2 aromatic carbocycles. The number of aromatic nitrogens is 8. The van der Waals surface area contributed by atoms with E-state index in [1.54, 1.807) is 23.3 Å². The van der Waals surface area contributed by atoms with E-state index in [0.29, 0.717) is 47.0 Å². The number of rotatable bonds is 12. The summed E-state index contributed by atoms with van der Waals surface area (Å²) < 4.78 is 64.5. The Hall–Kier alpha value is -6.08.